The third kappa shape index (κ3) is 3.60. The Morgan fingerprint density at radius 3 is 2.66 bits per heavy atom. The summed E-state index contributed by atoms with van der Waals surface area (Å²) >= 11 is 3.26. The summed E-state index contributed by atoms with van der Waals surface area (Å²) in [5.41, 5.74) is 2.27. The van der Waals surface area contributed by atoms with E-state index in [2.05, 4.69) is 20.9 Å². The number of halogens is 4. The van der Waals surface area contributed by atoms with Crippen molar-refractivity contribution in [3.63, 3.8) is 0 Å². The third-order valence-corrected chi connectivity index (χ3v) is 6.20. The number of benzene rings is 2. The maximum Gasteiger partial charge on any atom is 0.283 e. The number of alkyl halides is 2. The van der Waals surface area contributed by atoms with Crippen LogP contribution in [0, 0.1) is 5.82 Å². The quantitative estimate of drug-likeness (QED) is 0.538. The monoisotopic (exact) mass is 466 g/mol. The number of aromatic nitrogens is 1. The second-order valence-corrected chi connectivity index (χ2v) is 9.18. The molecule has 2 aromatic carbocycles. The lowest BCUT2D eigenvalue weighted by molar-refractivity contribution is -0.100. The Balaban J connectivity index is 1.96. The van der Waals surface area contributed by atoms with Gasteiger partial charge in [-0.25, -0.2) is 13.2 Å². The summed E-state index contributed by atoms with van der Waals surface area (Å²) in [5.74, 6) is -3.77. The van der Waals surface area contributed by atoms with Crippen molar-refractivity contribution in [1.82, 2.24) is 9.88 Å². The van der Waals surface area contributed by atoms with Gasteiger partial charge in [-0.15, -0.1) is 0 Å². The van der Waals surface area contributed by atoms with Gasteiger partial charge in [-0.05, 0) is 44.0 Å². The van der Waals surface area contributed by atoms with Gasteiger partial charge in [0.25, 0.3) is 5.92 Å². The Morgan fingerprint density at radius 2 is 1.97 bits per heavy atom. The van der Waals surface area contributed by atoms with E-state index in [1.165, 1.54) is 6.07 Å². The highest BCUT2D eigenvalue weighted by molar-refractivity contribution is 9.10. The Kier molecular flexibility index (Phi) is 5.04. The molecule has 0 amide bonds. The molecule has 0 saturated heterocycles. The van der Waals surface area contributed by atoms with E-state index in [1.807, 2.05) is 38.1 Å². The zero-order valence-electron chi connectivity index (χ0n) is 16.1. The van der Waals surface area contributed by atoms with Crippen LogP contribution < -0.4 is 0 Å². The van der Waals surface area contributed by atoms with Crippen molar-refractivity contribution in [3.05, 3.63) is 69.6 Å². The molecule has 0 spiro atoms. The average molecular weight is 467 g/mol. The summed E-state index contributed by atoms with van der Waals surface area (Å²) in [4.78, 5) is 4.95. The molecule has 1 atom stereocenters. The van der Waals surface area contributed by atoms with Crippen molar-refractivity contribution >= 4 is 26.8 Å². The van der Waals surface area contributed by atoms with Crippen LogP contribution in [0.4, 0.5) is 13.2 Å². The molecule has 4 rings (SSSR count). The second kappa shape index (κ2) is 7.15. The van der Waals surface area contributed by atoms with E-state index in [4.69, 9.17) is 0 Å². The molecule has 0 saturated carbocycles. The minimum absolute atomic E-state index is 0.322. The maximum atomic E-state index is 15.0. The fraction of sp³-hybridized carbons (Fsp3) is 0.364. The van der Waals surface area contributed by atoms with E-state index in [-0.39, 0.29) is 0 Å². The van der Waals surface area contributed by atoms with Gasteiger partial charge in [0.1, 0.15) is 12.4 Å². The third-order valence-electron chi connectivity index (χ3n) is 5.71. The van der Waals surface area contributed by atoms with Gasteiger partial charge in [-0.2, -0.15) is 0 Å². The van der Waals surface area contributed by atoms with Crippen LogP contribution >= 0.6 is 15.9 Å². The number of H-pyrrole nitrogens is 1. The summed E-state index contributed by atoms with van der Waals surface area (Å²) in [5, 5.41) is 10.2. The van der Waals surface area contributed by atoms with Gasteiger partial charge in [-0.1, -0.05) is 40.2 Å². The topological polar surface area (TPSA) is 39.3 Å². The molecule has 29 heavy (non-hydrogen) atoms. The summed E-state index contributed by atoms with van der Waals surface area (Å²) < 4.78 is 44.2. The predicted octanol–water partition coefficient (Wildman–Crippen LogP) is 5.42. The summed E-state index contributed by atoms with van der Waals surface area (Å²) in [7, 11) is 0. The van der Waals surface area contributed by atoms with Gasteiger partial charge in [0, 0.05) is 32.2 Å². The first-order chi connectivity index (χ1) is 13.6. The van der Waals surface area contributed by atoms with Crippen LogP contribution in [0.25, 0.3) is 10.9 Å². The second-order valence-electron chi connectivity index (χ2n) is 8.26. The first kappa shape index (κ1) is 20.4. The first-order valence-electron chi connectivity index (χ1n) is 9.43. The fourth-order valence-electron chi connectivity index (χ4n) is 4.34. The van der Waals surface area contributed by atoms with Crippen LogP contribution in [0.5, 0.6) is 0 Å². The highest BCUT2D eigenvalue weighted by atomic mass is 79.9. The molecule has 0 fully saturated rings. The van der Waals surface area contributed by atoms with Crippen LogP contribution in [0.2, 0.25) is 0 Å². The lowest BCUT2D eigenvalue weighted by Crippen LogP contribution is -2.55. The lowest BCUT2D eigenvalue weighted by atomic mass is 9.81. The Labute approximate surface area is 175 Å². The number of nitrogens with one attached hydrogen (secondary N) is 1. The number of fused-ring (bicyclic) bond motifs is 3. The van der Waals surface area contributed by atoms with E-state index in [9.17, 15) is 13.9 Å². The van der Waals surface area contributed by atoms with Crippen molar-refractivity contribution in [1.29, 1.82) is 0 Å². The zero-order valence-corrected chi connectivity index (χ0v) is 17.7. The SMILES string of the molecule is CC1(C)Cc2c([nH]c3ccccc23)C(c2ccc(Br)cc2F)N1CC(F)(F)CO. The van der Waals surface area contributed by atoms with Gasteiger partial charge in [0.15, 0.2) is 0 Å². The molecule has 2 N–H and O–H groups in total. The molecular formula is C22H22BrF3N2O. The Morgan fingerprint density at radius 1 is 1.24 bits per heavy atom. The summed E-state index contributed by atoms with van der Waals surface area (Å²) in [6.07, 6.45) is 0.530. The molecule has 3 nitrogen and oxygen atoms in total. The number of aliphatic hydroxyl groups is 1. The van der Waals surface area contributed by atoms with Crippen molar-refractivity contribution in [3.8, 4) is 0 Å². The van der Waals surface area contributed by atoms with E-state index >= 15 is 4.39 Å². The van der Waals surface area contributed by atoms with Crippen molar-refractivity contribution in [2.45, 2.75) is 37.8 Å². The van der Waals surface area contributed by atoms with Crippen LogP contribution in [-0.2, 0) is 6.42 Å². The van der Waals surface area contributed by atoms with Gasteiger partial charge < -0.3 is 10.1 Å². The van der Waals surface area contributed by atoms with Crippen molar-refractivity contribution in [2.24, 2.45) is 0 Å². The van der Waals surface area contributed by atoms with E-state index < -0.39 is 36.5 Å². The largest absolute Gasteiger partial charge is 0.390 e. The predicted molar refractivity (Wildman–Crippen MR) is 111 cm³/mol. The Hall–Kier alpha value is -1.83. The number of hydrogen-bond acceptors (Lipinski definition) is 2. The van der Waals surface area contributed by atoms with E-state index in [0.29, 0.717) is 16.5 Å². The molecule has 154 valence electrons. The highest BCUT2D eigenvalue weighted by Crippen LogP contribution is 2.46. The zero-order chi connectivity index (χ0) is 21.0. The first-order valence-corrected chi connectivity index (χ1v) is 10.2. The number of nitrogens with zero attached hydrogens (tertiary/aromatic N) is 1. The van der Waals surface area contributed by atoms with Crippen LogP contribution in [0.15, 0.2) is 46.9 Å². The van der Waals surface area contributed by atoms with Gasteiger partial charge in [-0.3, -0.25) is 4.90 Å². The maximum absolute atomic E-state index is 15.0. The van der Waals surface area contributed by atoms with Crippen LogP contribution in [0.1, 0.15) is 36.7 Å². The Bertz CT molecular complexity index is 1060. The summed E-state index contributed by atoms with van der Waals surface area (Å²) in [6, 6.07) is 11.7. The number of para-hydroxylation sites is 1. The van der Waals surface area contributed by atoms with Gasteiger partial charge in [0.05, 0.1) is 12.6 Å². The number of rotatable bonds is 4. The number of aromatic amines is 1. The molecular weight excluding hydrogens is 445 g/mol. The molecule has 2 heterocycles. The van der Waals surface area contributed by atoms with Crippen molar-refractivity contribution in [2.75, 3.05) is 13.2 Å². The molecule has 1 aliphatic rings. The number of aliphatic hydroxyl groups excluding tert-OH is 1. The average Bonchev–Trinajstić information content (AvgIpc) is 3.00. The minimum Gasteiger partial charge on any atom is -0.390 e. The molecule has 1 aliphatic heterocycles. The van der Waals surface area contributed by atoms with E-state index in [0.717, 1.165) is 22.2 Å². The molecule has 7 heteroatoms. The van der Waals surface area contributed by atoms with E-state index in [1.54, 1.807) is 17.0 Å². The fourth-order valence-corrected chi connectivity index (χ4v) is 4.67. The van der Waals surface area contributed by atoms with Crippen LogP contribution in [0.3, 0.4) is 0 Å². The summed E-state index contributed by atoms with van der Waals surface area (Å²) in [6.45, 7) is 1.84. The van der Waals surface area contributed by atoms with Gasteiger partial charge in [0.2, 0.25) is 0 Å². The lowest BCUT2D eigenvalue weighted by Gasteiger charge is -2.48. The smallest absolute Gasteiger partial charge is 0.283 e. The number of hydrogen-bond donors (Lipinski definition) is 2. The normalized spacial score (nSPS) is 19.5. The highest BCUT2D eigenvalue weighted by Gasteiger charge is 2.47. The molecule has 3 aromatic rings. The standard InChI is InChI=1S/C22H22BrF3N2O/c1-21(2)10-16-14-5-3-4-6-18(14)27-19(16)20(28(21)11-22(25,26)12-29)15-8-7-13(23)9-17(15)24/h3-9,20,27,29H,10-12H2,1-2H3. The minimum atomic E-state index is -3.30. The molecule has 0 bridgehead atoms. The molecule has 0 radical (unpaired) electrons. The molecule has 0 aliphatic carbocycles. The van der Waals surface area contributed by atoms with Crippen LogP contribution in [-0.4, -0.2) is 39.6 Å². The van der Waals surface area contributed by atoms with Gasteiger partial charge >= 0.3 is 0 Å². The molecule has 1 aromatic heterocycles. The molecule has 1 unspecified atom stereocenters. The van der Waals surface area contributed by atoms with Crippen molar-refractivity contribution < 1.29 is 18.3 Å².